The van der Waals surface area contributed by atoms with E-state index in [4.69, 9.17) is 10.5 Å². The minimum atomic E-state index is -2.10. The van der Waals surface area contributed by atoms with Crippen molar-refractivity contribution in [2.45, 2.75) is 217 Å². The molecule has 518 valence electrons. The van der Waals surface area contributed by atoms with Crippen molar-refractivity contribution in [1.29, 1.82) is 0 Å². The first kappa shape index (κ1) is 80.3. The maximum Gasteiger partial charge on any atom is 0.307 e. The molecule has 19 N–H and O–H groups in total. The zero-order chi connectivity index (χ0) is 68.9. The predicted molar refractivity (Wildman–Crippen MR) is 333 cm³/mol. The Morgan fingerprint density at radius 3 is 1.85 bits per heavy atom. The van der Waals surface area contributed by atoms with Gasteiger partial charge in [-0.2, -0.15) is 0 Å². The molecule has 31 nitrogen and oxygen atoms in total. The molecule has 12 atom stereocenters. The van der Waals surface area contributed by atoms with Gasteiger partial charge in [0.1, 0.15) is 60.3 Å². The Kier molecular flexibility index (Phi) is 38.2. The molecule has 1 heterocycles. The molecule has 92 heavy (non-hydrogen) atoms. The summed E-state index contributed by atoms with van der Waals surface area (Å²) in [6.45, 7) is 7.21. The van der Waals surface area contributed by atoms with Crippen molar-refractivity contribution in [2.24, 2.45) is 11.7 Å². The lowest BCUT2D eigenvalue weighted by Gasteiger charge is -2.29. The third kappa shape index (κ3) is 30.1. The van der Waals surface area contributed by atoms with E-state index in [0.29, 0.717) is 12.8 Å². The smallest absolute Gasteiger partial charge is 0.307 e. The molecule has 0 bridgehead atoms. The second-order valence-electron chi connectivity index (χ2n) is 22.9. The summed E-state index contributed by atoms with van der Waals surface area (Å²) in [6, 6.07) is -8.12. The fourth-order valence-corrected chi connectivity index (χ4v) is 9.39. The van der Waals surface area contributed by atoms with E-state index in [-0.39, 0.29) is 30.7 Å². The van der Waals surface area contributed by atoms with Crippen LogP contribution in [0.4, 0.5) is 0 Å². The third-order valence-electron chi connectivity index (χ3n) is 15.3. The number of rotatable bonds is 35. The lowest BCUT2D eigenvalue weighted by Crippen LogP contribution is -2.62. The summed E-state index contributed by atoms with van der Waals surface area (Å²) in [7, 11) is 0. The molecule has 1 saturated heterocycles. The summed E-state index contributed by atoms with van der Waals surface area (Å²) in [6.07, 6.45) is 8.10. The number of phenols is 1. The van der Waals surface area contributed by atoms with Gasteiger partial charge in [-0.1, -0.05) is 129 Å². The topological polar surface area (TPSA) is 494 Å². The Hall–Kier alpha value is -7.84. The SMILES string of the molecule is C=C1NC(=O)C(C(C)CC)NC(=O)C(NC(=O)CNC(=O)C(CCO)NC(=O)C(CO)NC(=O)C(NC(=O)C(NC(=O)C(O)C(N)CCCCCCCCCCCCCCC)C(C)O)C(O)c2ccc(O)cc2)CCOC(=O)CCNC(=O)C(C)NC(=O)CNC1=O. The minimum Gasteiger partial charge on any atom is -0.508 e. The molecule has 0 saturated carbocycles. The zero-order valence-electron chi connectivity index (χ0n) is 53.5. The maximum absolute atomic E-state index is 14.1. The van der Waals surface area contributed by atoms with Gasteiger partial charge in [-0.25, -0.2) is 0 Å². The Balaban J connectivity index is 2.23. The first-order valence-electron chi connectivity index (χ1n) is 31.6. The van der Waals surface area contributed by atoms with Crippen LogP contribution in [-0.4, -0.2) is 202 Å². The van der Waals surface area contributed by atoms with Gasteiger partial charge in [0.25, 0.3) is 11.8 Å². The number of hydrogen-bond donors (Lipinski definition) is 18. The Morgan fingerprint density at radius 2 is 1.27 bits per heavy atom. The number of esters is 1. The number of carbonyl (C=O) groups is 12. The lowest BCUT2D eigenvalue weighted by atomic mass is 9.97. The molecule has 31 heteroatoms. The lowest BCUT2D eigenvalue weighted by molar-refractivity contribution is -0.144. The van der Waals surface area contributed by atoms with Gasteiger partial charge < -0.3 is 99.6 Å². The van der Waals surface area contributed by atoms with Crippen molar-refractivity contribution in [2.75, 3.05) is 39.5 Å². The number of carbonyl (C=O) groups excluding carboxylic acids is 12. The van der Waals surface area contributed by atoms with Gasteiger partial charge >= 0.3 is 5.97 Å². The average molecular weight is 1310 g/mol. The fraction of sp³-hybridized carbons (Fsp3) is 0.672. The molecule has 0 aromatic heterocycles. The van der Waals surface area contributed by atoms with Crippen molar-refractivity contribution < 1.29 is 92.9 Å². The van der Waals surface area contributed by atoms with E-state index in [1.165, 1.54) is 64.0 Å². The van der Waals surface area contributed by atoms with E-state index in [1.807, 2.05) is 0 Å². The maximum atomic E-state index is 14.1. The molecular formula is C61H100N12O19. The Bertz CT molecular complexity index is 2580. The van der Waals surface area contributed by atoms with E-state index in [1.54, 1.807) is 13.8 Å². The van der Waals surface area contributed by atoms with Crippen LogP contribution in [0.15, 0.2) is 36.5 Å². The van der Waals surface area contributed by atoms with E-state index in [2.05, 4.69) is 72.0 Å². The predicted octanol–water partition coefficient (Wildman–Crippen LogP) is -2.87. The van der Waals surface area contributed by atoms with Gasteiger partial charge in [0.15, 0.2) is 0 Å². The number of cyclic esters (lactones) is 1. The summed E-state index contributed by atoms with van der Waals surface area (Å²) >= 11 is 0. The van der Waals surface area contributed by atoms with Crippen LogP contribution >= 0.6 is 0 Å². The van der Waals surface area contributed by atoms with Crippen molar-refractivity contribution in [3.05, 3.63) is 42.1 Å². The molecule has 11 amide bonds. The summed E-state index contributed by atoms with van der Waals surface area (Å²) in [4.78, 5) is 160. The summed E-state index contributed by atoms with van der Waals surface area (Å²) in [5.41, 5.74) is 5.58. The largest absolute Gasteiger partial charge is 0.508 e. The number of aliphatic hydroxyl groups excluding tert-OH is 5. The first-order valence-corrected chi connectivity index (χ1v) is 31.6. The van der Waals surface area contributed by atoms with Crippen LogP contribution in [0.25, 0.3) is 0 Å². The average Bonchev–Trinajstić information content (AvgIpc) is 1.18. The highest BCUT2D eigenvalue weighted by molar-refractivity contribution is 6.01. The number of nitrogens with two attached hydrogens (primary N) is 1. The molecule has 0 aliphatic carbocycles. The molecule has 0 radical (unpaired) electrons. The van der Waals surface area contributed by atoms with Crippen LogP contribution in [0, 0.1) is 5.92 Å². The number of aliphatic hydroxyl groups is 5. The molecule has 1 fully saturated rings. The molecule has 0 spiro atoms. The van der Waals surface area contributed by atoms with Crippen LogP contribution in [0.1, 0.15) is 162 Å². The zero-order valence-corrected chi connectivity index (χ0v) is 53.5. The van der Waals surface area contributed by atoms with Crippen LogP contribution in [0.3, 0.4) is 0 Å². The highest BCUT2D eigenvalue weighted by atomic mass is 16.5. The number of benzene rings is 1. The van der Waals surface area contributed by atoms with Gasteiger partial charge in [-0.3, -0.25) is 57.5 Å². The number of amides is 11. The third-order valence-corrected chi connectivity index (χ3v) is 15.3. The Labute approximate surface area is 536 Å². The van der Waals surface area contributed by atoms with Gasteiger partial charge in [0, 0.05) is 25.6 Å². The van der Waals surface area contributed by atoms with Gasteiger partial charge in [-0.15, -0.1) is 0 Å². The molecule has 12 unspecified atom stereocenters. The van der Waals surface area contributed by atoms with Gasteiger partial charge in [0.2, 0.25) is 53.2 Å². The number of aromatic hydroxyl groups is 1. The minimum absolute atomic E-state index is 0.0831. The normalized spacial score (nSPS) is 19.5. The van der Waals surface area contributed by atoms with E-state index < -0.39 is 195 Å². The number of ether oxygens (including phenoxy) is 1. The van der Waals surface area contributed by atoms with Crippen molar-refractivity contribution in [1.82, 2.24) is 58.5 Å². The first-order chi connectivity index (χ1) is 43.7. The second kappa shape index (κ2) is 43.8. The summed E-state index contributed by atoms with van der Waals surface area (Å²) < 4.78 is 5.23. The van der Waals surface area contributed by atoms with E-state index in [9.17, 15) is 88.2 Å². The monoisotopic (exact) mass is 1300 g/mol. The van der Waals surface area contributed by atoms with Crippen molar-refractivity contribution in [3.63, 3.8) is 0 Å². The number of phenolic OH excluding ortho intramolecular Hbond substituents is 1. The Morgan fingerprint density at radius 1 is 0.696 bits per heavy atom. The number of nitrogens with one attached hydrogen (secondary N) is 11. The molecule has 1 aliphatic rings. The summed E-state index contributed by atoms with van der Waals surface area (Å²) in [5.74, 6) is -13.3. The number of unbranched alkanes of at least 4 members (excludes halogenated alkanes) is 12. The van der Waals surface area contributed by atoms with Crippen LogP contribution in [0.5, 0.6) is 5.75 Å². The van der Waals surface area contributed by atoms with Crippen LogP contribution in [0.2, 0.25) is 0 Å². The highest BCUT2D eigenvalue weighted by Gasteiger charge is 2.38. The molecule has 1 aromatic rings. The van der Waals surface area contributed by atoms with Gasteiger partial charge in [-0.05, 0) is 50.3 Å². The van der Waals surface area contributed by atoms with Crippen molar-refractivity contribution in [3.8, 4) is 5.75 Å². The second-order valence-corrected chi connectivity index (χ2v) is 22.9. The molecule has 2 rings (SSSR count). The van der Waals surface area contributed by atoms with Crippen LogP contribution < -0.4 is 64.2 Å². The molecule has 1 aromatic carbocycles. The van der Waals surface area contributed by atoms with Gasteiger partial charge in [0.05, 0.1) is 44.5 Å². The standard InChI is InChI=1S/C61H100N12O19/c1-7-9-10-11-12-13-14-15-16-17-18-19-20-21-41(62)52(82)61(91)72-49(38(6)76)59(89)73-50(51(81)39-22-24-40(77)25-23-39)60(90)70-44(34-75)57(87)69-42(27-30-74)55(85)65-33-46(79)68-43-28-31-92-47(80)26-29-63-53(83)36(4)66-45(78)32-64-54(84)37(5)67-58(88)48(35(3)8-2)71-56(43)86/h22-25,35-36,38,41-44,48-52,74-77,81-82H,5,7-21,26-34,62H2,1-4,6H3,(H,63,83)(H,64,84)(H,65,85)(H,66,78)(H,67,88)(H,68,79)(H,69,87)(H,70,90)(H,71,86)(H,72,91)(H,73,89). The van der Waals surface area contributed by atoms with E-state index >= 15 is 0 Å². The quantitative estimate of drug-likeness (QED) is 0.0184. The van der Waals surface area contributed by atoms with Crippen LogP contribution in [-0.2, 0) is 62.3 Å². The van der Waals surface area contributed by atoms with E-state index in [0.717, 1.165) is 51.2 Å². The highest BCUT2D eigenvalue weighted by Crippen LogP contribution is 2.21. The molecule has 1 aliphatic heterocycles. The van der Waals surface area contributed by atoms with Crippen molar-refractivity contribution >= 4 is 70.9 Å². The fourth-order valence-electron chi connectivity index (χ4n) is 9.39. The molecular weight excluding hydrogens is 1200 g/mol. The summed E-state index contributed by atoms with van der Waals surface area (Å²) in [5, 5.41) is 88.5. The number of hydrogen-bond acceptors (Lipinski definition) is 20.